The van der Waals surface area contributed by atoms with Gasteiger partial charge in [-0.15, -0.1) is 0 Å². The predicted octanol–water partition coefficient (Wildman–Crippen LogP) is 1.56. The number of benzene rings is 1. The first-order chi connectivity index (χ1) is 10.0. The average molecular weight is 288 g/mol. The fourth-order valence-corrected chi connectivity index (χ4v) is 2.86. The zero-order valence-corrected chi connectivity index (χ0v) is 11.4. The van der Waals surface area contributed by atoms with E-state index in [9.17, 15) is 9.59 Å². The van der Waals surface area contributed by atoms with Crippen LogP contribution in [0, 0.1) is 0 Å². The van der Waals surface area contributed by atoms with Gasteiger partial charge in [0.2, 0.25) is 0 Å². The van der Waals surface area contributed by atoms with Crippen LogP contribution in [0.2, 0.25) is 0 Å². The molecule has 0 aliphatic carbocycles. The number of methoxy groups -OCH3 is 1. The molecule has 2 saturated heterocycles. The van der Waals surface area contributed by atoms with Gasteiger partial charge in [0.15, 0.2) is 12.2 Å². The molecule has 3 atom stereocenters. The molecule has 1 aromatic heterocycles. The Bertz CT molecular complexity index is 823. The molecule has 0 amide bonds. The molecule has 108 valence electrons. The van der Waals surface area contributed by atoms with E-state index in [0.29, 0.717) is 16.9 Å². The van der Waals surface area contributed by atoms with Crippen LogP contribution in [0.15, 0.2) is 33.5 Å². The Balaban J connectivity index is 1.90. The zero-order chi connectivity index (χ0) is 14.8. The highest BCUT2D eigenvalue weighted by Crippen LogP contribution is 2.56. The molecule has 0 N–H and O–H groups in total. The van der Waals surface area contributed by atoms with E-state index in [4.69, 9.17) is 18.6 Å². The van der Waals surface area contributed by atoms with Crippen molar-refractivity contribution in [1.82, 2.24) is 0 Å². The fourth-order valence-electron chi connectivity index (χ4n) is 2.86. The first-order valence-corrected chi connectivity index (χ1v) is 6.53. The van der Waals surface area contributed by atoms with Gasteiger partial charge >= 0.3 is 11.6 Å². The molecule has 0 unspecified atom stereocenters. The molecule has 2 fully saturated rings. The van der Waals surface area contributed by atoms with E-state index in [2.05, 4.69) is 0 Å². The van der Waals surface area contributed by atoms with Gasteiger partial charge in [0.05, 0.1) is 7.11 Å². The third-order valence-electron chi connectivity index (χ3n) is 4.06. The molecule has 2 aliphatic heterocycles. The number of carbonyl (C=O) groups excluding carboxylic acids is 1. The summed E-state index contributed by atoms with van der Waals surface area (Å²) in [4.78, 5) is 22.9. The van der Waals surface area contributed by atoms with Crippen molar-refractivity contribution in [3.8, 4) is 5.75 Å². The molecule has 6 heteroatoms. The van der Waals surface area contributed by atoms with E-state index >= 15 is 0 Å². The molecule has 2 aromatic rings. The lowest BCUT2D eigenvalue weighted by Gasteiger charge is -2.19. The predicted molar refractivity (Wildman–Crippen MR) is 71.1 cm³/mol. The van der Waals surface area contributed by atoms with Gasteiger partial charge < -0.3 is 18.6 Å². The summed E-state index contributed by atoms with van der Waals surface area (Å²) >= 11 is 0. The fraction of sp³-hybridized carbons (Fsp3) is 0.333. The molecule has 1 aromatic carbocycles. The van der Waals surface area contributed by atoms with E-state index in [1.165, 1.54) is 13.2 Å². The second kappa shape index (κ2) is 3.85. The van der Waals surface area contributed by atoms with Gasteiger partial charge in [0.1, 0.15) is 16.9 Å². The minimum Gasteiger partial charge on any atom is -0.496 e. The van der Waals surface area contributed by atoms with Gasteiger partial charge in [-0.05, 0) is 19.1 Å². The van der Waals surface area contributed by atoms with Crippen molar-refractivity contribution in [3.05, 3.63) is 40.2 Å². The first kappa shape index (κ1) is 12.4. The summed E-state index contributed by atoms with van der Waals surface area (Å²) in [5.74, 6) is 0.135. The molecule has 3 heterocycles. The Hall–Kier alpha value is -2.34. The highest BCUT2D eigenvalue weighted by Gasteiger charge is 2.70. The zero-order valence-electron chi connectivity index (χ0n) is 11.4. The molecule has 0 saturated carbocycles. The molecule has 0 spiro atoms. The van der Waals surface area contributed by atoms with Crippen LogP contribution < -0.4 is 10.4 Å². The van der Waals surface area contributed by atoms with Crippen molar-refractivity contribution in [2.45, 2.75) is 24.7 Å². The summed E-state index contributed by atoms with van der Waals surface area (Å²) in [7, 11) is 1.51. The number of esters is 1. The van der Waals surface area contributed by atoms with Crippen molar-refractivity contribution >= 4 is 16.9 Å². The van der Waals surface area contributed by atoms with E-state index in [0.717, 1.165) is 5.39 Å². The Morgan fingerprint density at radius 3 is 2.62 bits per heavy atom. The van der Waals surface area contributed by atoms with Crippen molar-refractivity contribution < 1.29 is 23.4 Å². The summed E-state index contributed by atoms with van der Waals surface area (Å²) in [6.45, 7) is 1.84. The van der Waals surface area contributed by atoms with Crippen LogP contribution in [0.5, 0.6) is 5.75 Å². The lowest BCUT2D eigenvalue weighted by atomic mass is 9.94. The lowest BCUT2D eigenvalue weighted by molar-refractivity contribution is -0.151. The van der Waals surface area contributed by atoms with E-state index < -0.39 is 23.4 Å². The number of cyclic esters (lactones) is 1. The van der Waals surface area contributed by atoms with Gasteiger partial charge in [0.25, 0.3) is 0 Å². The van der Waals surface area contributed by atoms with Crippen LogP contribution >= 0.6 is 0 Å². The Labute approximate surface area is 119 Å². The summed E-state index contributed by atoms with van der Waals surface area (Å²) in [5.41, 5.74) is 0.0518. The molecular weight excluding hydrogens is 276 g/mol. The maximum absolute atomic E-state index is 11.7. The maximum Gasteiger partial charge on any atom is 0.339 e. The quantitative estimate of drug-likeness (QED) is 0.474. The monoisotopic (exact) mass is 288 g/mol. The molecule has 6 nitrogen and oxygen atoms in total. The number of epoxide rings is 1. The third-order valence-corrected chi connectivity index (χ3v) is 4.06. The average Bonchev–Trinajstić information content (AvgIpc) is 3.10. The second-order valence-electron chi connectivity index (χ2n) is 5.39. The standard InChI is InChI=1S/C15H12O6/c1-15-12(20-14(17)13(15)21-15)8-5-7-3-4-11(16)19-9(7)6-10(8)18-2/h3-6,12-13H,1-2H3/t12-,13+,15-/m1/s1. The molecule has 0 radical (unpaired) electrons. The van der Waals surface area contributed by atoms with Crippen LogP contribution in [0.1, 0.15) is 18.6 Å². The maximum atomic E-state index is 11.7. The molecular formula is C15H12O6. The normalized spacial score (nSPS) is 30.1. The largest absolute Gasteiger partial charge is 0.496 e. The van der Waals surface area contributed by atoms with Crippen LogP contribution in [0.3, 0.4) is 0 Å². The molecule has 21 heavy (non-hydrogen) atoms. The Morgan fingerprint density at radius 1 is 1.19 bits per heavy atom. The van der Waals surface area contributed by atoms with Gasteiger partial charge in [-0.3, -0.25) is 0 Å². The molecule has 2 aliphatic rings. The van der Waals surface area contributed by atoms with Gasteiger partial charge in [0, 0.05) is 23.1 Å². The Morgan fingerprint density at radius 2 is 2.00 bits per heavy atom. The van der Waals surface area contributed by atoms with Crippen molar-refractivity contribution in [2.24, 2.45) is 0 Å². The Kier molecular flexibility index (Phi) is 2.28. The highest BCUT2D eigenvalue weighted by molar-refractivity contribution is 5.85. The van der Waals surface area contributed by atoms with Crippen molar-refractivity contribution in [2.75, 3.05) is 7.11 Å². The minimum atomic E-state index is -0.645. The van der Waals surface area contributed by atoms with Gasteiger partial charge in [-0.1, -0.05) is 0 Å². The van der Waals surface area contributed by atoms with Crippen LogP contribution in [0.4, 0.5) is 0 Å². The summed E-state index contributed by atoms with van der Waals surface area (Å²) in [5, 5.41) is 0.731. The van der Waals surface area contributed by atoms with Crippen LogP contribution in [-0.4, -0.2) is 24.8 Å². The SMILES string of the molecule is COc1cc2oc(=O)ccc2cc1[C@H]1OC(=O)[C@@H]2O[C@]12C. The number of hydrogen-bond acceptors (Lipinski definition) is 6. The number of hydrogen-bond donors (Lipinski definition) is 0. The van der Waals surface area contributed by atoms with Crippen molar-refractivity contribution in [1.29, 1.82) is 0 Å². The number of ether oxygens (including phenoxy) is 3. The minimum absolute atomic E-state index is 0.357. The van der Waals surface area contributed by atoms with Gasteiger partial charge in [-0.2, -0.15) is 0 Å². The smallest absolute Gasteiger partial charge is 0.339 e. The first-order valence-electron chi connectivity index (χ1n) is 6.53. The third kappa shape index (κ3) is 1.62. The second-order valence-corrected chi connectivity index (χ2v) is 5.39. The summed E-state index contributed by atoms with van der Waals surface area (Å²) in [6.07, 6.45) is -1.03. The lowest BCUT2D eigenvalue weighted by Crippen LogP contribution is -2.17. The van der Waals surface area contributed by atoms with Crippen molar-refractivity contribution in [3.63, 3.8) is 0 Å². The van der Waals surface area contributed by atoms with Crippen LogP contribution in [0.25, 0.3) is 11.0 Å². The number of fused-ring (bicyclic) bond motifs is 2. The molecule has 0 bridgehead atoms. The number of carbonyl (C=O) groups is 1. The summed E-state index contributed by atoms with van der Waals surface area (Å²) in [6, 6.07) is 6.43. The topological polar surface area (TPSA) is 78.3 Å². The van der Waals surface area contributed by atoms with E-state index in [1.54, 1.807) is 18.2 Å². The van der Waals surface area contributed by atoms with E-state index in [1.807, 2.05) is 6.92 Å². The summed E-state index contributed by atoms with van der Waals surface area (Å²) < 4.78 is 21.3. The van der Waals surface area contributed by atoms with E-state index in [-0.39, 0.29) is 5.97 Å². The molecule has 4 rings (SSSR count). The number of rotatable bonds is 2. The van der Waals surface area contributed by atoms with Gasteiger partial charge in [-0.25, -0.2) is 9.59 Å². The highest BCUT2D eigenvalue weighted by atomic mass is 16.7. The van der Waals surface area contributed by atoms with Crippen LogP contribution in [-0.2, 0) is 14.3 Å².